The first-order valence-electron chi connectivity index (χ1n) is 15.6. The van der Waals surface area contributed by atoms with Crippen molar-refractivity contribution in [3.8, 4) is 5.75 Å². The molecule has 0 radical (unpaired) electrons. The summed E-state index contributed by atoms with van der Waals surface area (Å²) in [6.45, 7) is 9.92. The fraction of sp³-hybridized carbons (Fsp3) is 0.441. The van der Waals surface area contributed by atoms with Gasteiger partial charge in [0.1, 0.15) is 18.5 Å². The summed E-state index contributed by atoms with van der Waals surface area (Å²) in [5.41, 5.74) is 2.18. The number of nitro benzene ring substituents is 1. The summed E-state index contributed by atoms with van der Waals surface area (Å²) in [6.07, 6.45) is -0.162. The number of carbonyl (C=O) groups excluding carboxylic acids is 3. The van der Waals surface area contributed by atoms with Gasteiger partial charge in [-0.25, -0.2) is 9.59 Å². The molecule has 254 valence electrons. The number of nitrogens with zero attached hydrogens (tertiary/aromatic N) is 1. The van der Waals surface area contributed by atoms with E-state index in [0.29, 0.717) is 35.7 Å². The zero-order chi connectivity index (χ0) is 34.5. The lowest BCUT2D eigenvalue weighted by molar-refractivity contribution is -0.384. The van der Waals surface area contributed by atoms with E-state index in [1.165, 1.54) is 18.2 Å². The van der Waals surface area contributed by atoms with Gasteiger partial charge in [-0.3, -0.25) is 14.9 Å². The van der Waals surface area contributed by atoms with Crippen molar-refractivity contribution in [2.24, 2.45) is 0 Å². The van der Waals surface area contributed by atoms with Crippen LogP contribution in [-0.2, 0) is 30.3 Å². The molecular weight excluding hydrogens is 608 g/mol. The van der Waals surface area contributed by atoms with Crippen LogP contribution in [0.4, 0.5) is 5.69 Å². The number of esters is 2. The molecule has 0 fully saturated rings. The number of amides is 1. The molecule has 1 aliphatic heterocycles. The summed E-state index contributed by atoms with van der Waals surface area (Å²) < 4.78 is 16.4. The lowest BCUT2D eigenvalue weighted by Gasteiger charge is -2.30. The summed E-state index contributed by atoms with van der Waals surface area (Å²) in [7, 11) is 0. The number of nitro groups is 1. The van der Waals surface area contributed by atoms with Gasteiger partial charge in [-0.05, 0) is 50.5 Å². The van der Waals surface area contributed by atoms with Crippen molar-refractivity contribution >= 4 is 23.5 Å². The Bertz CT molecular complexity index is 1480. The molecule has 2 atom stereocenters. The fourth-order valence-electron chi connectivity index (χ4n) is 5.01. The van der Waals surface area contributed by atoms with E-state index in [1.54, 1.807) is 51.1 Å². The first-order valence-corrected chi connectivity index (χ1v) is 15.6. The second-order valence-electron chi connectivity index (χ2n) is 11.4. The normalized spacial score (nSPS) is 15.2. The number of aliphatic hydroxyl groups is 1. The van der Waals surface area contributed by atoms with Crippen molar-refractivity contribution in [3.05, 3.63) is 92.3 Å². The Hall–Kier alpha value is -4.75. The molecule has 1 amide bonds. The van der Waals surface area contributed by atoms with Gasteiger partial charge in [0.25, 0.3) is 5.69 Å². The predicted octanol–water partition coefficient (Wildman–Crippen LogP) is 3.42. The average molecular weight is 653 g/mol. The van der Waals surface area contributed by atoms with Gasteiger partial charge < -0.3 is 35.3 Å². The number of hydrogen-bond acceptors (Lipinski definition) is 11. The average Bonchev–Trinajstić information content (AvgIpc) is 3.02. The van der Waals surface area contributed by atoms with Crippen LogP contribution in [0.25, 0.3) is 0 Å². The third-order valence-electron chi connectivity index (χ3n) is 7.26. The van der Waals surface area contributed by atoms with E-state index in [0.717, 1.165) is 5.56 Å². The molecule has 2 unspecified atom stereocenters. The Balaban J connectivity index is 1.54. The topological polar surface area (TPSA) is 178 Å². The van der Waals surface area contributed by atoms with Crippen molar-refractivity contribution in [1.82, 2.24) is 16.0 Å². The number of aliphatic hydroxyl groups excluding tert-OH is 1. The SMILES string of the molecule is CCOC(=O)C1=C(C)NC(C)=C(C(=O)OCCCNC(=O)Cc2ccc(OCC(O)CNC(C)C)cc2)C1c1cccc([N+](=O)[O-])c1. The third kappa shape index (κ3) is 10.9. The molecule has 13 nitrogen and oxygen atoms in total. The lowest BCUT2D eigenvalue weighted by atomic mass is 9.80. The highest BCUT2D eigenvalue weighted by molar-refractivity contribution is 6.00. The highest BCUT2D eigenvalue weighted by atomic mass is 16.6. The minimum atomic E-state index is -0.953. The monoisotopic (exact) mass is 652 g/mol. The van der Waals surface area contributed by atoms with Crippen LogP contribution in [0, 0.1) is 10.1 Å². The minimum Gasteiger partial charge on any atom is -0.491 e. The van der Waals surface area contributed by atoms with E-state index in [2.05, 4.69) is 16.0 Å². The predicted molar refractivity (Wildman–Crippen MR) is 174 cm³/mol. The molecular formula is C34H44N4O9. The maximum Gasteiger partial charge on any atom is 0.336 e. The molecule has 2 aromatic rings. The molecule has 0 saturated heterocycles. The molecule has 1 heterocycles. The lowest BCUT2D eigenvalue weighted by Crippen LogP contribution is -2.35. The molecule has 3 rings (SSSR count). The van der Waals surface area contributed by atoms with Crippen LogP contribution in [0.3, 0.4) is 0 Å². The van der Waals surface area contributed by atoms with Crippen molar-refractivity contribution in [1.29, 1.82) is 0 Å². The van der Waals surface area contributed by atoms with Gasteiger partial charge >= 0.3 is 11.9 Å². The molecule has 47 heavy (non-hydrogen) atoms. The highest BCUT2D eigenvalue weighted by Gasteiger charge is 2.38. The standard InChI is InChI=1S/C34H44N4O9/c1-6-45-33(41)30-22(4)37-23(5)31(32(30)25-9-7-10-26(18-25)38(43)44)34(42)46-16-8-15-35-29(40)17-24-11-13-28(14-12-24)47-20-27(39)19-36-21(2)3/h7,9-14,18,21,27,32,36-37,39H,6,8,15-17,19-20H2,1-5H3,(H,35,40). The van der Waals surface area contributed by atoms with Gasteiger partial charge in [0, 0.05) is 42.7 Å². The van der Waals surface area contributed by atoms with Crippen LogP contribution in [0.2, 0.25) is 0 Å². The molecule has 0 bridgehead atoms. The van der Waals surface area contributed by atoms with E-state index in [-0.39, 0.29) is 61.6 Å². The smallest absolute Gasteiger partial charge is 0.336 e. The summed E-state index contributed by atoms with van der Waals surface area (Å²) in [5.74, 6) is -1.92. The van der Waals surface area contributed by atoms with Crippen LogP contribution < -0.4 is 20.7 Å². The number of rotatable bonds is 17. The van der Waals surface area contributed by atoms with E-state index < -0.39 is 28.9 Å². The molecule has 0 spiro atoms. The van der Waals surface area contributed by atoms with Crippen LogP contribution in [0.5, 0.6) is 5.75 Å². The van der Waals surface area contributed by atoms with E-state index >= 15 is 0 Å². The molecule has 4 N–H and O–H groups in total. The molecule has 13 heteroatoms. The second-order valence-corrected chi connectivity index (χ2v) is 11.4. The van der Waals surface area contributed by atoms with Crippen LogP contribution in [0.15, 0.2) is 71.1 Å². The van der Waals surface area contributed by atoms with Crippen molar-refractivity contribution < 1.29 is 38.6 Å². The van der Waals surface area contributed by atoms with E-state index in [9.17, 15) is 29.6 Å². The number of dihydropyridines is 1. The van der Waals surface area contributed by atoms with Crippen LogP contribution >= 0.6 is 0 Å². The Kier molecular flexibility index (Phi) is 13.9. The summed E-state index contributed by atoms with van der Waals surface area (Å²) in [6, 6.07) is 13.1. The maximum absolute atomic E-state index is 13.4. The largest absolute Gasteiger partial charge is 0.491 e. The van der Waals surface area contributed by atoms with Crippen molar-refractivity contribution in [2.45, 2.75) is 65.5 Å². The van der Waals surface area contributed by atoms with E-state index in [1.807, 2.05) is 13.8 Å². The number of hydrogen-bond donors (Lipinski definition) is 4. The van der Waals surface area contributed by atoms with Crippen molar-refractivity contribution in [2.75, 3.05) is 32.9 Å². The number of ether oxygens (including phenoxy) is 3. The quantitative estimate of drug-likeness (QED) is 0.0852. The van der Waals surface area contributed by atoms with Crippen LogP contribution in [0.1, 0.15) is 58.1 Å². The summed E-state index contributed by atoms with van der Waals surface area (Å²) in [4.78, 5) is 49.8. The molecule has 2 aromatic carbocycles. The van der Waals surface area contributed by atoms with Crippen LogP contribution in [-0.4, -0.2) is 72.9 Å². The zero-order valence-electron chi connectivity index (χ0n) is 27.5. The second kappa shape index (κ2) is 17.8. The van der Waals surface area contributed by atoms with Crippen molar-refractivity contribution in [3.63, 3.8) is 0 Å². The number of benzene rings is 2. The molecule has 0 saturated carbocycles. The summed E-state index contributed by atoms with van der Waals surface area (Å²) in [5, 5.41) is 30.5. The molecule has 0 aromatic heterocycles. The first-order chi connectivity index (χ1) is 22.4. The summed E-state index contributed by atoms with van der Waals surface area (Å²) >= 11 is 0. The van der Waals surface area contributed by atoms with Gasteiger partial charge in [-0.2, -0.15) is 0 Å². The zero-order valence-corrected chi connectivity index (χ0v) is 27.5. The minimum absolute atomic E-state index is 0.0143. The van der Waals surface area contributed by atoms with E-state index in [4.69, 9.17) is 14.2 Å². The van der Waals surface area contributed by atoms with Gasteiger partial charge in [-0.1, -0.05) is 38.1 Å². The fourth-order valence-corrected chi connectivity index (χ4v) is 5.01. The number of nitrogens with one attached hydrogen (secondary N) is 3. The van der Waals surface area contributed by atoms with Gasteiger partial charge in [0.2, 0.25) is 5.91 Å². The maximum atomic E-state index is 13.4. The van der Waals surface area contributed by atoms with Gasteiger partial charge in [-0.15, -0.1) is 0 Å². The molecule has 0 aliphatic carbocycles. The number of carbonyl (C=O) groups is 3. The number of non-ortho nitro benzene ring substituents is 1. The Morgan fingerprint density at radius 2 is 1.68 bits per heavy atom. The Labute approximate surface area is 274 Å². The number of allylic oxidation sites excluding steroid dienone is 2. The van der Waals surface area contributed by atoms with Gasteiger partial charge in [0.15, 0.2) is 0 Å². The molecule has 1 aliphatic rings. The Morgan fingerprint density at radius 1 is 1.02 bits per heavy atom. The third-order valence-corrected chi connectivity index (χ3v) is 7.26. The first kappa shape index (κ1) is 36.7. The van der Waals surface area contributed by atoms with Gasteiger partial charge in [0.05, 0.1) is 41.6 Å². The highest BCUT2D eigenvalue weighted by Crippen LogP contribution is 2.40. The Morgan fingerprint density at radius 3 is 2.30 bits per heavy atom.